The second kappa shape index (κ2) is 8.07. The molecule has 3 aromatic rings. The Morgan fingerprint density at radius 1 is 1.30 bits per heavy atom. The molecule has 2 heterocycles. The van der Waals surface area contributed by atoms with Crippen LogP contribution in [0, 0.1) is 0 Å². The largest absolute Gasteiger partial charge is 0.495 e. The predicted octanol–water partition coefficient (Wildman–Crippen LogP) is 3.71. The number of nitrogens with one attached hydrogen (secondary N) is 1. The number of rotatable bonds is 6. The molecule has 1 N–H and O–H groups in total. The Balaban J connectivity index is 1.64. The van der Waals surface area contributed by atoms with E-state index in [1.807, 2.05) is 24.3 Å². The number of ether oxygens (including phenoxy) is 1. The normalized spacial score (nSPS) is 15.8. The maximum absolute atomic E-state index is 13.7. The van der Waals surface area contributed by atoms with Gasteiger partial charge in [0.05, 0.1) is 23.9 Å². The van der Waals surface area contributed by atoms with Crippen LogP contribution in [0.25, 0.3) is 15.9 Å². The fraction of sp³-hybridized carbons (Fsp3) is 0.409. The number of nitrogens with zero attached hydrogens (tertiary/aromatic N) is 2. The van der Waals surface area contributed by atoms with Gasteiger partial charge in [-0.1, -0.05) is 23.9 Å². The molecule has 6 nitrogen and oxygen atoms in total. The maximum Gasteiger partial charge on any atom is 0.267 e. The summed E-state index contributed by atoms with van der Waals surface area (Å²) in [5.41, 5.74) is 1.74. The lowest BCUT2D eigenvalue weighted by Gasteiger charge is -2.15. The summed E-state index contributed by atoms with van der Waals surface area (Å²) < 4.78 is 7.15. The summed E-state index contributed by atoms with van der Waals surface area (Å²) in [4.78, 5) is 32.9. The molecular weight excluding hydrogens is 418 g/mol. The molecule has 2 aromatic heterocycles. The minimum Gasteiger partial charge on any atom is -0.495 e. The van der Waals surface area contributed by atoms with E-state index < -0.39 is 0 Å². The van der Waals surface area contributed by atoms with E-state index >= 15 is 0 Å². The minimum absolute atomic E-state index is 0.0195. The molecule has 156 valence electrons. The first kappa shape index (κ1) is 19.6. The third-order valence-electron chi connectivity index (χ3n) is 5.56. The molecule has 0 unspecified atom stereocenters. The maximum atomic E-state index is 13.7. The van der Waals surface area contributed by atoms with Gasteiger partial charge in [-0.2, -0.15) is 0 Å². The Morgan fingerprint density at radius 2 is 2.10 bits per heavy atom. The van der Waals surface area contributed by atoms with Crippen LogP contribution in [-0.2, 0) is 17.6 Å². The van der Waals surface area contributed by atoms with Crippen molar-refractivity contribution in [3.05, 3.63) is 45.1 Å². The minimum atomic E-state index is -0.0750. The van der Waals surface area contributed by atoms with E-state index in [1.165, 1.54) is 16.6 Å². The van der Waals surface area contributed by atoms with Gasteiger partial charge in [0, 0.05) is 10.9 Å². The Hall–Kier alpha value is -2.32. The van der Waals surface area contributed by atoms with Gasteiger partial charge in [0.25, 0.3) is 5.56 Å². The lowest BCUT2D eigenvalue weighted by atomic mass is 9.97. The quantitative estimate of drug-likeness (QED) is 0.466. The molecule has 0 bridgehead atoms. The van der Waals surface area contributed by atoms with Crippen LogP contribution in [0.15, 0.2) is 34.2 Å². The number of carbonyl (C=O) groups is 1. The summed E-state index contributed by atoms with van der Waals surface area (Å²) in [6, 6.07) is 7.77. The number of fused-ring (bicyclic) bond motifs is 3. The highest BCUT2D eigenvalue weighted by Crippen LogP contribution is 2.36. The molecule has 2 aliphatic carbocycles. The molecule has 1 fully saturated rings. The van der Waals surface area contributed by atoms with Crippen molar-refractivity contribution in [2.75, 3.05) is 12.9 Å². The van der Waals surface area contributed by atoms with E-state index in [2.05, 4.69) is 5.32 Å². The predicted molar refractivity (Wildman–Crippen MR) is 120 cm³/mol. The van der Waals surface area contributed by atoms with E-state index in [-0.39, 0.29) is 17.2 Å². The molecule has 8 heteroatoms. The molecule has 2 aliphatic rings. The molecular formula is C22H23N3O3S2. The van der Waals surface area contributed by atoms with Gasteiger partial charge in [-0.25, -0.2) is 4.98 Å². The first-order valence-corrected chi connectivity index (χ1v) is 12.1. The SMILES string of the molecule is COc1ccccc1-n1c(SCC(=O)NC2CC2)nc2sc3c(c2c1=O)CCCC3. The lowest BCUT2D eigenvalue weighted by Crippen LogP contribution is -2.28. The summed E-state index contributed by atoms with van der Waals surface area (Å²) in [6.45, 7) is 0. The topological polar surface area (TPSA) is 73.2 Å². The average molecular weight is 442 g/mol. The Labute approximate surface area is 182 Å². The number of benzene rings is 1. The van der Waals surface area contributed by atoms with Crippen LogP contribution >= 0.6 is 23.1 Å². The van der Waals surface area contributed by atoms with E-state index in [0.29, 0.717) is 22.6 Å². The van der Waals surface area contributed by atoms with E-state index in [0.717, 1.165) is 54.3 Å². The first-order chi connectivity index (χ1) is 14.7. The van der Waals surface area contributed by atoms with Gasteiger partial charge in [-0.3, -0.25) is 14.2 Å². The fourth-order valence-corrected chi connectivity index (χ4v) is 6.06. The third-order valence-corrected chi connectivity index (χ3v) is 7.68. The summed E-state index contributed by atoms with van der Waals surface area (Å²) in [6.07, 6.45) is 6.29. The molecule has 0 spiro atoms. The molecule has 0 aliphatic heterocycles. The van der Waals surface area contributed by atoms with Gasteiger partial charge in [0.15, 0.2) is 5.16 Å². The molecule has 0 atom stereocenters. The summed E-state index contributed by atoms with van der Waals surface area (Å²) in [7, 11) is 1.60. The lowest BCUT2D eigenvalue weighted by molar-refractivity contribution is -0.118. The number of carbonyl (C=O) groups excluding carboxylic acids is 1. The van der Waals surface area contributed by atoms with E-state index in [4.69, 9.17) is 9.72 Å². The van der Waals surface area contributed by atoms with Crippen molar-refractivity contribution < 1.29 is 9.53 Å². The zero-order valence-corrected chi connectivity index (χ0v) is 18.4. The molecule has 1 aromatic carbocycles. The number of thiophene rings is 1. The number of methoxy groups -OCH3 is 1. The van der Waals surface area contributed by atoms with E-state index in [1.54, 1.807) is 23.0 Å². The summed E-state index contributed by atoms with van der Waals surface area (Å²) >= 11 is 2.93. The Bertz CT molecular complexity index is 1180. The van der Waals surface area contributed by atoms with Crippen LogP contribution in [0.1, 0.15) is 36.1 Å². The molecule has 1 saturated carbocycles. The van der Waals surface area contributed by atoms with Crippen LogP contribution in [-0.4, -0.2) is 34.4 Å². The van der Waals surface area contributed by atoms with Crippen LogP contribution in [0.5, 0.6) is 5.75 Å². The summed E-state index contributed by atoms with van der Waals surface area (Å²) in [5.74, 6) is 0.817. The molecule has 0 saturated heterocycles. The summed E-state index contributed by atoms with van der Waals surface area (Å²) in [5, 5.41) is 4.26. The molecule has 0 radical (unpaired) electrons. The number of thioether (sulfide) groups is 1. The second-order valence-electron chi connectivity index (χ2n) is 7.73. The number of hydrogen-bond donors (Lipinski definition) is 1. The van der Waals surface area contributed by atoms with Crippen LogP contribution < -0.4 is 15.6 Å². The monoisotopic (exact) mass is 441 g/mol. The van der Waals surface area contributed by atoms with Gasteiger partial charge >= 0.3 is 0 Å². The Kier molecular flexibility index (Phi) is 5.28. The first-order valence-electron chi connectivity index (χ1n) is 10.3. The highest BCUT2D eigenvalue weighted by Gasteiger charge is 2.26. The van der Waals surface area contributed by atoms with Crippen molar-refractivity contribution in [3.8, 4) is 11.4 Å². The zero-order valence-electron chi connectivity index (χ0n) is 16.8. The second-order valence-corrected chi connectivity index (χ2v) is 9.75. The van der Waals surface area contributed by atoms with Crippen molar-refractivity contribution in [1.82, 2.24) is 14.9 Å². The van der Waals surface area contributed by atoms with Gasteiger partial charge in [-0.15, -0.1) is 11.3 Å². The number of aromatic nitrogens is 2. The number of para-hydroxylation sites is 2. The highest BCUT2D eigenvalue weighted by molar-refractivity contribution is 7.99. The van der Waals surface area contributed by atoms with Crippen LogP contribution in [0.3, 0.4) is 0 Å². The number of amides is 1. The average Bonchev–Trinajstić information content (AvgIpc) is 3.49. The third kappa shape index (κ3) is 3.63. The Morgan fingerprint density at radius 3 is 2.90 bits per heavy atom. The number of hydrogen-bond acceptors (Lipinski definition) is 6. The van der Waals surface area contributed by atoms with Gasteiger partial charge in [0.2, 0.25) is 5.91 Å². The van der Waals surface area contributed by atoms with Gasteiger partial charge < -0.3 is 10.1 Å². The molecule has 1 amide bonds. The smallest absolute Gasteiger partial charge is 0.267 e. The van der Waals surface area contributed by atoms with Gasteiger partial charge in [0.1, 0.15) is 10.6 Å². The zero-order chi connectivity index (χ0) is 20.7. The molecule has 5 rings (SSSR count). The van der Waals surface area contributed by atoms with Crippen molar-refractivity contribution in [2.45, 2.75) is 49.7 Å². The fourth-order valence-electron chi connectivity index (χ4n) is 3.94. The standard InChI is InChI=1S/C22H23N3O3S2/c1-28-16-8-4-3-7-15(16)25-21(27)19-14-6-2-5-9-17(14)30-20(19)24-22(25)29-12-18(26)23-13-10-11-13/h3-4,7-8,13H,2,5-6,9-12H2,1H3,(H,23,26). The highest BCUT2D eigenvalue weighted by atomic mass is 32.2. The van der Waals surface area contributed by atoms with Crippen LogP contribution in [0.4, 0.5) is 0 Å². The van der Waals surface area contributed by atoms with Crippen molar-refractivity contribution >= 4 is 39.2 Å². The van der Waals surface area contributed by atoms with Crippen LogP contribution in [0.2, 0.25) is 0 Å². The number of aryl methyl sites for hydroxylation is 2. The molecule has 30 heavy (non-hydrogen) atoms. The van der Waals surface area contributed by atoms with Crippen molar-refractivity contribution in [3.63, 3.8) is 0 Å². The van der Waals surface area contributed by atoms with Crippen molar-refractivity contribution in [1.29, 1.82) is 0 Å². The van der Waals surface area contributed by atoms with E-state index in [9.17, 15) is 9.59 Å². The van der Waals surface area contributed by atoms with Gasteiger partial charge in [-0.05, 0) is 56.2 Å². The van der Waals surface area contributed by atoms with Crippen molar-refractivity contribution in [2.24, 2.45) is 0 Å².